The minimum atomic E-state index is -5.20. The molecule has 0 bridgehead atoms. The number of hydrogen-bond donors (Lipinski definition) is 4. The second-order valence-corrected chi connectivity index (χ2v) is 6.82. The number of aromatic nitrogens is 2. The SMILES string of the molecule is C#Cc1c(C(N)=O)ncn1[C@@H]1O[C@H](COP(=O)(O)C(F)F)[C@H](O)C1O. The van der Waals surface area contributed by atoms with E-state index in [0.29, 0.717) is 0 Å². The van der Waals surface area contributed by atoms with Crippen molar-refractivity contribution in [2.75, 3.05) is 6.61 Å². The highest BCUT2D eigenvalue weighted by Gasteiger charge is 2.46. The first-order valence-corrected chi connectivity index (χ1v) is 8.34. The molecule has 1 saturated heterocycles. The number of nitrogens with two attached hydrogens (primary N) is 1. The molecule has 1 aromatic rings. The Balaban J connectivity index is 2.19. The van der Waals surface area contributed by atoms with Crippen molar-refractivity contribution >= 4 is 13.5 Å². The molecule has 0 radical (unpaired) electrons. The van der Waals surface area contributed by atoms with Gasteiger partial charge in [0.05, 0.1) is 12.9 Å². The topological polar surface area (TPSA) is 157 Å². The van der Waals surface area contributed by atoms with Crippen LogP contribution < -0.4 is 5.73 Å². The predicted molar refractivity (Wildman–Crippen MR) is 76.4 cm³/mol. The lowest BCUT2D eigenvalue weighted by Gasteiger charge is -2.18. The molecule has 1 aliphatic rings. The van der Waals surface area contributed by atoms with E-state index in [9.17, 15) is 28.4 Å². The van der Waals surface area contributed by atoms with Crippen LogP contribution in [0.15, 0.2) is 6.33 Å². The van der Waals surface area contributed by atoms with Gasteiger partial charge in [-0.05, 0) is 5.92 Å². The van der Waals surface area contributed by atoms with Gasteiger partial charge >= 0.3 is 13.8 Å². The molecular formula is C12H14F2N3O7P. The number of imidazole rings is 1. The Morgan fingerprint density at radius 1 is 1.56 bits per heavy atom. The van der Waals surface area contributed by atoms with Gasteiger partial charge in [0, 0.05) is 0 Å². The van der Waals surface area contributed by atoms with Crippen molar-refractivity contribution in [1.82, 2.24) is 9.55 Å². The molecule has 0 aliphatic carbocycles. The summed E-state index contributed by atoms with van der Waals surface area (Å²) in [6, 6.07) is 0. The van der Waals surface area contributed by atoms with Gasteiger partial charge in [0.1, 0.15) is 24.0 Å². The second kappa shape index (κ2) is 7.17. The summed E-state index contributed by atoms with van der Waals surface area (Å²) in [5.41, 5.74) is 4.70. The lowest BCUT2D eigenvalue weighted by atomic mass is 10.1. The van der Waals surface area contributed by atoms with Gasteiger partial charge in [-0.25, -0.2) is 4.98 Å². The van der Waals surface area contributed by atoms with Gasteiger partial charge in [0.15, 0.2) is 11.9 Å². The summed E-state index contributed by atoms with van der Waals surface area (Å²) in [6.45, 7) is -0.893. The third-order valence-corrected chi connectivity index (χ3v) is 4.46. The summed E-state index contributed by atoms with van der Waals surface area (Å²) < 4.78 is 46.2. The molecule has 0 spiro atoms. The molecule has 13 heteroatoms. The predicted octanol–water partition coefficient (Wildman–Crippen LogP) is -0.993. The van der Waals surface area contributed by atoms with Crippen LogP contribution in [-0.2, 0) is 13.8 Å². The van der Waals surface area contributed by atoms with E-state index in [-0.39, 0.29) is 11.4 Å². The molecule has 5 atom stereocenters. The lowest BCUT2D eigenvalue weighted by Crippen LogP contribution is -2.33. The van der Waals surface area contributed by atoms with Crippen molar-refractivity contribution in [3.05, 3.63) is 17.7 Å². The fourth-order valence-corrected chi connectivity index (χ4v) is 2.68. The molecule has 25 heavy (non-hydrogen) atoms. The number of nitrogens with zero attached hydrogens (tertiary/aromatic N) is 2. The molecule has 1 aliphatic heterocycles. The van der Waals surface area contributed by atoms with E-state index in [0.717, 1.165) is 10.9 Å². The summed E-state index contributed by atoms with van der Waals surface area (Å²) in [7, 11) is -5.20. The first-order chi connectivity index (χ1) is 11.6. The van der Waals surface area contributed by atoms with E-state index in [1.54, 1.807) is 0 Å². The van der Waals surface area contributed by atoms with E-state index >= 15 is 0 Å². The van der Waals surface area contributed by atoms with E-state index in [1.165, 1.54) is 0 Å². The molecule has 2 unspecified atom stereocenters. The molecule has 2 rings (SSSR count). The van der Waals surface area contributed by atoms with Crippen molar-refractivity contribution in [2.24, 2.45) is 5.73 Å². The number of ether oxygens (including phenoxy) is 1. The Bertz CT molecular complexity index is 750. The Labute approximate surface area is 139 Å². The summed E-state index contributed by atoms with van der Waals surface area (Å²) in [4.78, 5) is 23.9. The van der Waals surface area contributed by atoms with Crippen molar-refractivity contribution in [2.45, 2.75) is 30.7 Å². The van der Waals surface area contributed by atoms with E-state index in [1.807, 2.05) is 0 Å². The standard InChI is InChI=1S/C12H14F2N3O7P/c1-2-5-7(10(15)20)16-4-17(5)11-9(19)8(18)6(24-11)3-23-25(21,22)12(13)14/h1,4,6,8-9,11-12,18-19H,3H2,(H2,15,20)(H,21,22)/t6-,8+,9?,11-/m1/s1. The number of aliphatic hydroxyl groups is 2. The van der Waals surface area contributed by atoms with Crippen molar-refractivity contribution in [1.29, 1.82) is 0 Å². The van der Waals surface area contributed by atoms with Gasteiger partial charge in [-0.1, -0.05) is 0 Å². The number of alkyl halides is 2. The van der Waals surface area contributed by atoms with Crippen LogP contribution in [0, 0.1) is 12.3 Å². The number of rotatable bonds is 6. The van der Waals surface area contributed by atoms with Crippen LogP contribution in [-0.4, -0.2) is 61.7 Å². The normalized spacial score (nSPS) is 28.7. The van der Waals surface area contributed by atoms with Crippen LogP contribution >= 0.6 is 7.60 Å². The van der Waals surface area contributed by atoms with Gasteiger partial charge < -0.3 is 30.1 Å². The van der Waals surface area contributed by atoms with E-state index < -0.39 is 50.8 Å². The molecular weight excluding hydrogens is 367 g/mol. The zero-order chi connectivity index (χ0) is 18.9. The second-order valence-electron chi connectivity index (χ2n) is 5.04. The van der Waals surface area contributed by atoms with Gasteiger partial charge in [0.25, 0.3) is 5.91 Å². The fraction of sp³-hybridized carbons (Fsp3) is 0.500. The Morgan fingerprint density at radius 2 is 2.20 bits per heavy atom. The third kappa shape index (κ3) is 3.72. The monoisotopic (exact) mass is 381 g/mol. The van der Waals surface area contributed by atoms with Crippen LogP contribution in [0.4, 0.5) is 8.78 Å². The largest absolute Gasteiger partial charge is 0.394 e. The van der Waals surface area contributed by atoms with Gasteiger partial charge in [-0.2, -0.15) is 8.78 Å². The van der Waals surface area contributed by atoms with Gasteiger partial charge in [-0.15, -0.1) is 6.42 Å². The summed E-state index contributed by atoms with van der Waals surface area (Å²) >= 11 is 0. The van der Waals surface area contributed by atoms with Crippen LogP contribution in [0.2, 0.25) is 0 Å². The molecule has 2 heterocycles. The average Bonchev–Trinajstić information content (AvgIpc) is 3.08. The number of halogens is 2. The van der Waals surface area contributed by atoms with Crippen LogP contribution in [0.3, 0.4) is 0 Å². The number of carbonyl (C=O) groups excluding carboxylic acids is 1. The van der Waals surface area contributed by atoms with Crippen LogP contribution in [0.1, 0.15) is 22.4 Å². The number of aliphatic hydroxyl groups excluding tert-OH is 2. The Kier molecular flexibility index (Phi) is 5.58. The smallest absolute Gasteiger partial charge is 0.387 e. The molecule has 138 valence electrons. The van der Waals surface area contributed by atoms with Gasteiger partial charge in [0.2, 0.25) is 0 Å². The average molecular weight is 381 g/mol. The summed E-state index contributed by atoms with van der Waals surface area (Å²) in [5, 5.41) is 20.0. The number of primary amides is 1. The van der Waals surface area contributed by atoms with E-state index in [4.69, 9.17) is 21.8 Å². The first kappa shape index (κ1) is 19.5. The molecule has 1 fully saturated rings. The quantitative estimate of drug-likeness (QED) is 0.361. The molecule has 5 N–H and O–H groups in total. The van der Waals surface area contributed by atoms with Crippen LogP contribution in [0.5, 0.6) is 0 Å². The maximum atomic E-state index is 12.3. The highest BCUT2D eigenvalue weighted by atomic mass is 31.2. The van der Waals surface area contributed by atoms with Crippen molar-refractivity contribution in [3.63, 3.8) is 0 Å². The first-order valence-electron chi connectivity index (χ1n) is 6.70. The molecule has 10 nitrogen and oxygen atoms in total. The molecule has 1 amide bonds. The Hall–Kier alpha value is -1.87. The lowest BCUT2D eigenvalue weighted by molar-refractivity contribution is -0.0518. The minimum absolute atomic E-state index is 0.134. The number of hydrogen-bond acceptors (Lipinski definition) is 7. The fourth-order valence-electron chi connectivity index (χ4n) is 2.21. The third-order valence-electron chi connectivity index (χ3n) is 3.45. The maximum absolute atomic E-state index is 12.3. The summed E-state index contributed by atoms with van der Waals surface area (Å²) in [5.74, 6) is 1.20. The van der Waals surface area contributed by atoms with Crippen molar-refractivity contribution < 1.29 is 42.5 Å². The zero-order valence-corrected chi connectivity index (χ0v) is 13.3. The Morgan fingerprint density at radius 3 is 2.72 bits per heavy atom. The molecule has 1 aromatic heterocycles. The number of carbonyl (C=O) groups is 1. The molecule has 0 aromatic carbocycles. The minimum Gasteiger partial charge on any atom is -0.387 e. The maximum Gasteiger partial charge on any atom is 0.394 e. The number of terminal acetylenes is 1. The van der Waals surface area contributed by atoms with Gasteiger partial charge in [-0.3, -0.25) is 13.9 Å². The highest BCUT2D eigenvalue weighted by Crippen LogP contribution is 2.49. The van der Waals surface area contributed by atoms with Crippen molar-refractivity contribution in [3.8, 4) is 12.3 Å². The highest BCUT2D eigenvalue weighted by molar-refractivity contribution is 7.53. The zero-order valence-electron chi connectivity index (χ0n) is 12.4. The number of amides is 1. The molecule has 0 saturated carbocycles. The van der Waals surface area contributed by atoms with Crippen LogP contribution in [0.25, 0.3) is 0 Å². The summed E-state index contributed by atoms with van der Waals surface area (Å²) in [6.07, 6.45) is -3.34. The van der Waals surface area contributed by atoms with E-state index in [2.05, 4.69) is 15.4 Å².